The molecule has 1 amide bonds. The van der Waals surface area contributed by atoms with E-state index in [2.05, 4.69) is 15.6 Å². The van der Waals surface area contributed by atoms with E-state index < -0.39 is 10.8 Å². The Labute approximate surface area is 123 Å². The van der Waals surface area contributed by atoms with Crippen molar-refractivity contribution in [2.45, 2.75) is 20.3 Å². The van der Waals surface area contributed by atoms with Crippen molar-refractivity contribution in [3.05, 3.63) is 27.9 Å². The number of nitrogens with one attached hydrogen (secondary N) is 2. The first-order valence-corrected chi connectivity index (χ1v) is 6.84. The van der Waals surface area contributed by atoms with Gasteiger partial charge in [-0.1, -0.05) is 6.92 Å². The van der Waals surface area contributed by atoms with Crippen LogP contribution in [0.5, 0.6) is 0 Å². The lowest BCUT2D eigenvalue weighted by atomic mass is 10.2. The number of nitro groups is 1. The predicted molar refractivity (Wildman–Crippen MR) is 78.5 cm³/mol. The molecule has 0 aliphatic rings. The number of carbonyl (C=O) groups excluding carboxylic acids is 1. The molecule has 0 saturated heterocycles. The Balaban J connectivity index is 2.85. The highest BCUT2D eigenvalue weighted by Crippen LogP contribution is 2.19. The smallest absolute Gasteiger partial charge is 0.288 e. The molecule has 1 aromatic heterocycles. The quantitative estimate of drug-likeness (QED) is 0.407. The van der Waals surface area contributed by atoms with Crippen LogP contribution in [0.3, 0.4) is 0 Å². The van der Waals surface area contributed by atoms with E-state index in [1.165, 1.54) is 6.07 Å². The molecule has 0 spiro atoms. The number of amides is 1. The van der Waals surface area contributed by atoms with Gasteiger partial charge in [0.05, 0.1) is 17.1 Å². The summed E-state index contributed by atoms with van der Waals surface area (Å²) in [5, 5.41) is 16.4. The third kappa shape index (κ3) is 5.35. The maximum absolute atomic E-state index is 12.1. The van der Waals surface area contributed by atoms with Crippen molar-refractivity contribution < 1.29 is 14.5 Å². The van der Waals surface area contributed by atoms with Gasteiger partial charge in [0.15, 0.2) is 0 Å². The van der Waals surface area contributed by atoms with Crippen LogP contribution in [0.15, 0.2) is 12.3 Å². The lowest BCUT2D eigenvalue weighted by Crippen LogP contribution is -2.28. The van der Waals surface area contributed by atoms with Crippen LogP contribution in [0.4, 0.5) is 11.5 Å². The van der Waals surface area contributed by atoms with Crippen molar-refractivity contribution in [2.75, 3.05) is 31.6 Å². The third-order valence-electron chi connectivity index (χ3n) is 2.61. The van der Waals surface area contributed by atoms with E-state index in [0.29, 0.717) is 32.1 Å². The van der Waals surface area contributed by atoms with Crippen molar-refractivity contribution in [2.24, 2.45) is 0 Å². The highest BCUT2D eigenvalue weighted by atomic mass is 16.6. The topological polar surface area (TPSA) is 106 Å². The first-order chi connectivity index (χ1) is 10.1. The number of pyridine rings is 1. The molecule has 0 bridgehead atoms. The number of nitrogens with zero attached hydrogens (tertiary/aromatic N) is 2. The average molecular weight is 296 g/mol. The van der Waals surface area contributed by atoms with Gasteiger partial charge >= 0.3 is 0 Å². The van der Waals surface area contributed by atoms with Gasteiger partial charge in [-0.05, 0) is 13.3 Å². The fourth-order valence-corrected chi connectivity index (χ4v) is 1.59. The first kappa shape index (κ1) is 16.8. The van der Waals surface area contributed by atoms with Gasteiger partial charge in [-0.2, -0.15) is 0 Å². The van der Waals surface area contributed by atoms with Crippen LogP contribution in [-0.2, 0) is 4.74 Å². The molecule has 21 heavy (non-hydrogen) atoms. The number of aromatic nitrogens is 1. The van der Waals surface area contributed by atoms with Crippen molar-refractivity contribution in [3.8, 4) is 0 Å². The van der Waals surface area contributed by atoms with Crippen LogP contribution < -0.4 is 10.6 Å². The summed E-state index contributed by atoms with van der Waals surface area (Å²) in [4.78, 5) is 26.3. The molecule has 0 fully saturated rings. The number of hydrogen-bond donors (Lipinski definition) is 2. The molecule has 0 saturated carbocycles. The van der Waals surface area contributed by atoms with Crippen LogP contribution >= 0.6 is 0 Å². The van der Waals surface area contributed by atoms with Crippen LogP contribution in [0, 0.1) is 10.1 Å². The number of anilines is 1. The molecule has 1 heterocycles. The molecule has 8 heteroatoms. The predicted octanol–water partition coefficient (Wildman–Crippen LogP) is 1.58. The molecule has 1 aromatic rings. The highest BCUT2D eigenvalue weighted by Gasteiger charge is 2.17. The van der Waals surface area contributed by atoms with Crippen LogP contribution in [0.2, 0.25) is 0 Å². The van der Waals surface area contributed by atoms with Crippen molar-refractivity contribution in [3.63, 3.8) is 0 Å². The van der Waals surface area contributed by atoms with Crippen molar-refractivity contribution in [1.29, 1.82) is 0 Å². The zero-order valence-electron chi connectivity index (χ0n) is 12.2. The van der Waals surface area contributed by atoms with E-state index >= 15 is 0 Å². The Morgan fingerprint density at radius 2 is 2.19 bits per heavy atom. The molecule has 1 rings (SSSR count). The monoisotopic (exact) mass is 296 g/mol. The fourth-order valence-electron chi connectivity index (χ4n) is 1.59. The van der Waals surface area contributed by atoms with E-state index in [9.17, 15) is 14.9 Å². The second-order valence-electron chi connectivity index (χ2n) is 4.23. The minimum atomic E-state index is -0.576. The summed E-state index contributed by atoms with van der Waals surface area (Å²) in [6.07, 6.45) is 1.99. The number of rotatable bonds is 9. The van der Waals surface area contributed by atoms with Gasteiger partial charge in [0.25, 0.3) is 11.6 Å². The van der Waals surface area contributed by atoms with E-state index in [-0.39, 0.29) is 11.3 Å². The molecule has 116 valence electrons. The zero-order chi connectivity index (χ0) is 15.7. The molecule has 0 aliphatic carbocycles. The fraction of sp³-hybridized carbons (Fsp3) is 0.538. The summed E-state index contributed by atoms with van der Waals surface area (Å²) in [6.45, 7) is 5.76. The number of hydrogen-bond acceptors (Lipinski definition) is 6. The zero-order valence-corrected chi connectivity index (χ0v) is 12.2. The molecule has 0 aromatic carbocycles. The Morgan fingerprint density at radius 3 is 2.81 bits per heavy atom. The summed E-state index contributed by atoms with van der Waals surface area (Å²) < 4.78 is 5.12. The standard InChI is InChI=1S/C13H20N4O4/c1-3-5-14-12-11(8-10(9-16-12)17(19)20)13(18)15-6-7-21-4-2/h8-9H,3-7H2,1-2H3,(H,14,16)(H,15,18). The molecule has 2 N–H and O–H groups in total. The molecular formula is C13H20N4O4. The van der Waals surface area contributed by atoms with Gasteiger partial charge in [0.2, 0.25) is 0 Å². The summed E-state index contributed by atoms with van der Waals surface area (Å²) in [5.74, 6) is -0.0686. The normalized spacial score (nSPS) is 10.2. The van der Waals surface area contributed by atoms with Gasteiger partial charge < -0.3 is 15.4 Å². The number of carbonyl (C=O) groups is 1. The van der Waals surface area contributed by atoms with Crippen LogP contribution in [0.25, 0.3) is 0 Å². The minimum absolute atomic E-state index is 0.161. The molecule has 0 unspecified atom stereocenters. The molecule has 0 atom stereocenters. The summed E-state index contributed by atoms with van der Waals surface area (Å²) >= 11 is 0. The van der Waals surface area contributed by atoms with Crippen molar-refractivity contribution in [1.82, 2.24) is 10.3 Å². The van der Waals surface area contributed by atoms with Gasteiger partial charge in [-0.3, -0.25) is 14.9 Å². The maximum atomic E-state index is 12.1. The number of ether oxygens (including phenoxy) is 1. The van der Waals surface area contributed by atoms with Gasteiger partial charge in [0.1, 0.15) is 12.0 Å². The van der Waals surface area contributed by atoms with E-state index in [0.717, 1.165) is 12.6 Å². The Kier molecular flexibility index (Phi) is 7.10. The lowest BCUT2D eigenvalue weighted by molar-refractivity contribution is -0.385. The van der Waals surface area contributed by atoms with E-state index in [4.69, 9.17) is 4.74 Å². The largest absolute Gasteiger partial charge is 0.380 e. The van der Waals surface area contributed by atoms with Gasteiger partial charge in [-0.15, -0.1) is 0 Å². The summed E-state index contributed by atoms with van der Waals surface area (Å²) in [6, 6.07) is 1.22. The Bertz CT molecular complexity index is 493. The summed E-state index contributed by atoms with van der Waals surface area (Å²) in [5.41, 5.74) is -0.0545. The van der Waals surface area contributed by atoms with Crippen LogP contribution in [-0.4, -0.2) is 42.1 Å². The second-order valence-corrected chi connectivity index (χ2v) is 4.23. The van der Waals surface area contributed by atoms with Crippen molar-refractivity contribution >= 4 is 17.4 Å². The summed E-state index contributed by atoms with van der Waals surface area (Å²) in [7, 11) is 0. The second kappa shape index (κ2) is 8.85. The third-order valence-corrected chi connectivity index (χ3v) is 2.61. The Morgan fingerprint density at radius 1 is 1.43 bits per heavy atom. The van der Waals surface area contributed by atoms with E-state index in [1.54, 1.807) is 0 Å². The maximum Gasteiger partial charge on any atom is 0.288 e. The van der Waals surface area contributed by atoms with Gasteiger partial charge in [-0.25, -0.2) is 4.98 Å². The molecular weight excluding hydrogens is 276 g/mol. The van der Waals surface area contributed by atoms with E-state index in [1.807, 2.05) is 13.8 Å². The molecule has 0 radical (unpaired) electrons. The first-order valence-electron chi connectivity index (χ1n) is 6.84. The Hall–Kier alpha value is -2.22. The minimum Gasteiger partial charge on any atom is -0.380 e. The average Bonchev–Trinajstić information content (AvgIpc) is 2.49. The van der Waals surface area contributed by atoms with Crippen LogP contribution in [0.1, 0.15) is 30.6 Å². The SMILES string of the molecule is CCCNc1ncc([N+](=O)[O-])cc1C(=O)NCCOCC. The molecule has 0 aliphatic heterocycles. The lowest BCUT2D eigenvalue weighted by Gasteiger charge is -2.10. The highest BCUT2D eigenvalue weighted by molar-refractivity contribution is 5.99. The van der Waals surface area contributed by atoms with Gasteiger partial charge in [0, 0.05) is 25.8 Å². The molecule has 8 nitrogen and oxygen atoms in total.